The van der Waals surface area contributed by atoms with Gasteiger partial charge in [0.25, 0.3) is 0 Å². The first-order valence-corrected chi connectivity index (χ1v) is 8.25. The number of rotatable bonds is 3. The van der Waals surface area contributed by atoms with E-state index in [4.69, 9.17) is 4.74 Å². The number of thioether (sulfide) groups is 1. The van der Waals surface area contributed by atoms with E-state index in [2.05, 4.69) is 0 Å². The Morgan fingerprint density at radius 3 is 2.63 bits per heavy atom. The van der Waals surface area contributed by atoms with Gasteiger partial charge in [0.2, 0.25) is 11.8 Å². The van der Waals surface area contributed by atoms with E-state index in [1.807, 2.05) is 16.1 Å². The Kier molecular flexibility index (Phi) is 5.51. The van der Waals surface area contributed by atoms with Gasteiger partial charge in [-0.3, -0.25) is 9.59 Å². The third kappa shape index (κ3) is 3.86. The van der Waals surface area contributed by atoms with Crippen LogP contribution in [0, 0.1) is 5.92 Å². The minimum atomic E-state index is -0.0161. The summed E-state index contributed by atoms with van der Waals surface area (Å²) in [6.07, 6.45) is 3.76. The van der Waals surface area contributed by atoms with Gasteiger partial charge in [0, 0.05) is 26.2 Å². The van der Waals surface area contributed by atoms with E-state index in [1.165, 1.54) is 11.8 Å². The topological polar surface area (TPSA) is 49.9 Å². The molecule has 6 heteroatoms. The van der Waals surface area contributed by atoms with Gasteiger partial charge >= 0.3 is 0 Å². The molecule has 5 nitrogen and oxygen atoms in total. The van der Waals surface area contributed by atoms with Gasteiger partial charge in [-0.05, 0) is 19.1 Å². The fourth-order valence-corrected chi connectivity index (χ4v) is 3.09. The van der Waals surface area contributed by atoms with Crippen LogP contribution in [0.1, 0.15) is 12.8 Å². The van der Waals surface area contributed by atoms with Gasteiger partial charge in [0.15, 0.2) is 0 Å². The van der Waals surface area contributed by atoms with Crippen molar-refractivity contribution in [1.82, 2.24) is 9.80 Å². The smallest absolute Gasteiger partial charge is 0.232 e. The van der Waals surface area contributed by atoms with E-state index in [0.717, 1.165) is 19.4 Å². The van der Waals surface area contributed by atoms with Crippen LogP contribution in [0.25, 0.3) is 0 Å². The summed E-state index contributed by atoms with van der Waals surface area (Å²) in [5, 5.41) is 0. The molecule has 0 spiro atoms. The first kappa shape index (κ1) is 14.7. The molecular formula is C13H22N2O3S. The van der Waals surface area contributed by atoms with Crippen LogP contribution in [-0.2, 0) is 14.3 Å². The number of hydrogen-bond acceptors (Lipinski definition) is 4. The summed E-state index contributed by atoms with van der Waals surface area (Å²) < 4.78 is 5.27. The quantitative estimate of drug-likeness (QED) is 0.756. The van der Waals surface area contributed by atoms with Crippen LogP contribution in [0.4, 0.5) is 0 Å². The first-order valence-electron chi connectivity index (χ1n) is 6.85. The van der Waals surface area contributed by atoms with Gasteiger partial charge < -0.3 is 14.5 Å². The zero-order valence-electron chi connectivity index (χ0n) is 11.5. The van der Waals surface area contributed by atoms with Crippen molar-refractivity contribution in [3.05, 3.63) is 0 Å². The molecule has 0 saturated carbocycles. The van der Waals surface area contributed by atoms with Crippen molar-refractivity contribution in [3.8, 4) is 0 Å². The number of morpholine rings is 1. The zero-order chi connectivity index (χ0) is 13.7. The molecule has 1 atom stereocenters. The van der Waals surface area contributed by atoms with Gasteiger partial charge in [-0.25, -0.2) is 0 Å². The second-order valence-electron chi connectivity index (χ2n) is 5.05. The van der Waals surface area contributed by atoms with Crippen LogP contribution in [0.2, 0.25) is 0 Å². The van der Waals surface area contributed by atoms with Crippen molar-refractivity contribution in [2.24, 2.45) is 5.92 Å². The van der Waals surface area contributed by atoms with Crippen LogP contribution in [0.3, 0.4) is 0 Å². The van der Waals surface area contributed by atoms with Gasteiger partial charge in [-0.2, -0.15) is 11.8 Å². The molecular weight excluding hydrogens is 264 g/mol. The first-order chi connectivity index (χ1) is 9.22. The largest absolute Gasteiger partial charge is 0.378 e. The molecule has 0 aromatic carbocycles. The maximum Gasteiger partial charge on any atom is 0.232 e. The van der Waals surface area contributed by atoms with Gasteiger partial charge in [-0.1, -0.05) is 0 Å². The molecule has 0 aliphatic carbocycles. The summed E-state index contributed by atoms with van der Waals surface area (Å²) >= 11 is 1.54. The van der Waals surface area contributed by atoms with Crippen molar-refractivity contribution < 1.29 is 14.3 Å². The van der Waals surface area contributed by atoms with Crippen molar-refractivity contribution in [2.45, 2.75) is 12.8 Å². The number of nitrogens with zero attached hydrogens (tertiary/aromatic N) is 2. The molecule has 108 valence electrons. The number of likely N-dealkylation sites (tertiary alicyclic amines) is 1. The molecule has 2 rings (SSSR count). The second-order valence-corrected chi connectivity index (χ2v) is 5.92. The zero-order valence-corrected chi connectivity index (χ0v) is 12.3. The Morgan fingerprint density at radius 2 is 1.95 bits per heavy atom. The lowest BCUT2D eigenvalue weighted by molar-refractivity contribution is -0.143. The Morgan fingerprint density at radius 1 is 1.21 bits per heavy atom. The van der Waals surface area contributed by atoms with E-state index in [-0.39, 0.29) is 17.7 Å². The van der Waals surface area contributed by atoms with E-state index >= 15 is 0 Å². The molecule has 1 unspecified atom stereocenters. The average Bonchev–Trinajstić information content (AvgIpc) is 2.48. The summed E-state index contributed by atoms with van der Waals surface area (Å²) in [5.41, 5.74) is 0. The fourth-order valence-electron chi connectivity index (χ4n) is 2.66. The Bertz CT molecular complexity index is 332. The average molecular weight is 286 g/mol. The van der Waals surface area contributed by atoms with Gasteiger partial charge in [0.1, 0.15) is 0 Å². The van der Waals surface area contributed by atoms with Crippen LogP contribution in [0.5, 0.6) is 0 Å². The SMILES string of the molecule is CSCC(=O)N1CCCC(C(=O)N2CCOCC2)C1. The number of carbonyl (C=O) groups excluding carboxylic acids is 2. The maximum absolute atomic E-state index is 12.4. The van der Waals surface area contributed by atoms with Gasteiger partial charge in [-0.15, -0.1) is 0 Å². The summed E-state index contributed by atoms with van der Waals surface area (Å²) in [6, 6.07) is 0. The summed E-state index contributed by atoms with van der Waals surface area (Å²) in [6.45, 7) is 4.03. The van der Waals surface area contributed by atoms with Crippen molar-refractivity contribution in [1.29, 1.82) is 0 Å². The van der Waals surface area contributed by atoms with Crippen LogP contribution >= 0.6 is 11.8 Å². The van der Waals surface area contributed by atoms with Crippen LogP contribution in [0.15, 0.2) is 0 Å². The Hall–Kier alpha value is -0.750. The number of amides is 2. The number of piperidine rings is 1. The minimum Gasteiger partial charge on any atom is -0.378 e. The van der Waals surface area contributed by atoms with Crippen molar-refractivity contribution in [2.75, 3.05) is 51.4 Å². The number of ether oxygens (including phenoxy) is 1. The van der Waals surface area contributed by atoms with Gasteiger partial charge in [0.05, 0.1) is 24.9 Å². The predicted octanol–water partition coefficient (Wildman–Crippen LogP) is 0.447. The molecule has 2 fully saturated rings. The minimum absolute atomic E-state index is 0.0161. The number of carbonyl (C=O) groups is 2. The van der Waals surface area contributed by atoms with Crippen LogP contribution in [-0.4, -0.2) is 73.0 Å². The molecule has 2 aliphatic heterocycles. The monoisotopic (exact) mass is 286 g/mol. The van der Waals surface area contributed by atoms with Crippen molar-refractivity contribution in [3.63, 3.8) is 0 Å². The van der Waals surface area contributed by atoms with Crippen molar-refractivity contribution >= 4 is 23.6 Å². The van der Waals surface area contributed by atoms with E-state index < -0.39 is 0 Å². The lowest BCUT2D eigenvalue weighted by Gasteiger charge is -2.36. The summed E-state index contributed by atoms with van der Waals surface area (Å²) in [5.74, 6) is 0.855. The highest BCUT2D eigenvalue weighted by Gasteiger charge is 2.31. The van der Waals surface area contributed by atoms with Crippen LogP contribution < -0.4 is 0 Å². The summed E-state index contributed by atoms with van der Waals surface area (Å²) in [7, 11) is 0. The fraction of sp³-hybridized carbons (Fsp3) is 0.846. The number of hydrogen-bond donors (Lipinski definition) is 0. The predicted molar refractivity (Wildman–Crippen MR) is 75.1 cm³/mol. The Balaban J connectivity index is 1.89. The highest BCUT2D eigenvalue weighted by molar-refractivity contribution is 7.99. The molecule has 0 aromatic heterocycles. The Labute approximate surface area is 118 Å². The van der Waals surface area contributed by atoms with E-state index in [9.17, 15) is 9.59 Å². The maximum atomic E-state index is 12.4. The molecule has 2 saturated heterocycles. The molecule has 0 N–H and O–H groups in total. The normalized spacial score (nSPS) is 24.4. The third-order valence-corrected chi connectivity index (χ3v) is 4.25. The molecule has 0 aromatic rings. The highest BCUT2D eigenvalue weighted by atomic mass is 32.2. The van der Waals surface area contributed by atoms with E-state index in [0.29, 0.717) is 38.6 Å². The second kappa shape index (κ2) is 7.14. The molecule has 0 bridgehead atoms. The van der Waals surface area contributed by atoms with E-state index in [1.54, 1.807) is 0 Å². The standard InChI is InChI=1S/C13H22N2O3S/c1-19-10-12(16)15-4-2-3-11(9-15)13(17)14-5-7-18-8-6-14/h11H,2-10H2,1H3. The lowest BCUT2D eigenvalue weighted by Crippen LogP contribution is -2.49. The molecule has 0 radical (unpaired) electrons. The molecule has 2 amide bonds. The molecule has 19 heavy (non-hydrogen) atoms. The highest BCUT2D eigenvalue weighted by Crippen LogP contribution is 2.20. The third-order valence-electron chi connectivity index (χ3n) is 3.71. The molecule has 2 heterocycles. The summed E-state index contributed by atoms with van der Waals surface area (Å²) in [4.78, 5) is 28.0. The lowest BCUT2D eigenvalue weighted by atomic mass is 9.96. The molecule has 2 aliphatic rings.